The summed E-state index contributed by atoms with van der Waals surface area (Å²) in [6.07, 6.45) is 5.53. The quantitative estimate of drug-likeness (QED) is 0.290. The number of ketones is 1. The largest absolute Gasteiger partial charge is 0.290 e. The number of rotatable bonds is 6. The predicted octanol–water partition coefficient (Wildman–Crippen LogP) is 6.86. The van der Waals surface area contributed by atoms with Gasteiger partial charge in [-0.3, -0.25) is 4.79 Å². The van der Waals surface area contributed by atoms with Crippen LogP contribution in [0.1, 0.15) is 29.2 Å². The van der Waals surface area contributed by atoms with Crippen molar-refractivity contribution in [2.24, 2.45) is 0 Å². The summed E-state index contributed by atoms with van der Waals surface area (Å²) < 4.78 is 30.7. The van der Waals surface area contributed by atoms with Crippen LogP contribution in [-0.2, 0) is 14.8 Å². The molecule has 0 spiro atoms. The first-order valence-corrected chi connectivity index (χ1v) is 13.8. The molecule has 34 heavy (non-hydrogen) atoms. The summed E-state index contributed by atoms with van der Waals surface area (Å²) in [5, 5.41) is 0. The zero-order valence-electron chi connectivity index (χ0n) is 18.5. The second-order valence-corrected chi connectivity index (χ2v) is 11.9. The van der Waals surface area contributed by atoms with Crippen LogP contribution in [0.4, 0.5) is 0 Å². The summed E-state index contributed by atoms with van der Waals surface area (Å²) in [6, 6.07) is 21.7. The van der Waals surface area contributed by atoms with E-state index >= 15 is 0 Å². The lowest BCUT2D eigenvalue weighted by Gasteiger charge is -2.34. The van der Waals surface area contributed by atoms with Crippen LogP contribution in [0.2, 0.25) is 0 Å². The van der Waals surface area contributed by atoms with Crippen LogP contribution in [0.25, 0.3) is 6.08 Å². The highest BCUT2D eigenvalue weighted by atomic mass is 79.9. The molecule has 3 aromatic carbocycles. The van der Waals surface area contributed by atoms with Crippen LogP contribution in [0.3, 0.4) is 0 Å². The molecule has 0 N–H and O–H groups in total. The Morgan fingerprint density at radius 3 is 2.12 bits per heavy atom. The number of aryl methyl sites for hydroxylation is 1. The van der Waals surface area contributed by atoms with Crippen LogP contribution in [0, 0.1) is 6.92 Å². The molecular formula is C27H23Br2NO3S. The molecule has 4 rings (SSSR count). The van der Waals surface area contributed by atoms with Crippen molar-refractivity contribution in [2.75, 3.05) is 6.54 Å². The average Bonchev–Trinajstić information content (AvgIpc) is 2.84. The van der Waals surface area contributed by atoms with Gasteiger partial charge in [0.25, 0.3) is 0 Å². The Labute approximate surface area is 217 Å². The number of hydrogen-bond donors (Lipinski definition) is 0. The van der Waals surface area contributed by atoms with E-state index in [0.29, 0.717) is 12.0 Å². The van der Waals surface area contributed by atoms with Crippen molar-refractivity contribution in [1.29, 1.82) is 0 Å². The number of sulfonamides is 1. The topological polar surface area (TPSA) is 54.5 Å². The number of benzene rings is 3. The number of nitrogens with zero attached hydrogens (tertiary/aromatic N) is 1. The predicted molar refractivity (Wildman–Crippen MR) is 143 cm³/mol. The van der Waals surface area contributed by atoms with Crippen LogP contribution in [0.15, 0.2) is 104 Å². The van der Waals surface area contributed by atoms with E-state index in [0.717, 1.165) is 25.6 Å². The zero-order valence-corrected chi connectivity index (χ0v) is 22.5. The van der Waals surface area contributed by atoms with Gasteiger partial charge in [0.1, 0.15) is 0 Å². The van der Waals surface area contributed by atoms with Crippen molar-refractivity contribution < 1.29 is 13.2 Å². The molecule has 1 unspecified atom stereocenters. The Morgan fingerprint density at radius 1 is 0.912 bits per heavy atom. The van der Waals surface area contributed by atoms with Gasteiger partial charge in [-0.05, 0) is 66.9 Å². The van der Waals surface area contributed by atoms with E-state index in [1.165, 1.54) is 10.4 Å². The second-order valence-electron chi connectivity index (χ2n) is 8.14. The third-order valence-corrected chi connectivity index (χ3v) is 8.68. The maximum Gasteiger partial charge on any atom is 0.243 e. The van der Waals surface area contributed by atoms with Gasteiger partial charge in [-0.2, -0.15) is 4.31 Å². The van der Waals surface area contributed by atoms with Crippen molar-refractivity contribution in [3.8, 4) is 0 Å². The number of carbonyl (C=O) groups excluding carboxylic acids is 1. The van der Waals surface area contributed by atoms with E-state index in [1.54, 1.807) is 30.3 Å². The SMILES string of the molecule is Cc1ccc(S(=O)(=O)N2CC(C(=O)/C=C/c3ccc(Br)cc3)=CCC2c2ccc(Br)cc2)cc1. The van der Waals surface area contributed by atoms with Crippen LogP contribution < -0.4 is 0 Å². The third kappa shape index (κ3) is 5.66. The Morgan fingerprint density at radius 2 is 1.50 bits per heavy atom. The standard InChI is InChI=1S/C27H23Br2NO3S/c1-19-2-14-25(15-3-19)34(32,33)30-18-22(9-16-26(30)21-7-12-24(29)13-8-21)27(31)17-6-20-4-10-23(28)11-5-20/h2-15,17,26H,16,18H2,1H3/b17-6+. The first-order chi connectivity index (χ1) is 16.2. The number of allylic oxidation sites excluding steroid dienone is 1. The zero-order chi connectivity index (χ0) is 24.3. The lowest BCUT2D eigenvalue weighted by atomic mass is 9.96. The first kappa shape index (κ1) is 24.8. The molecule has 0 aromatic heterocycles. The normalized spacial score (nSPS) is 17.0. The maximum absolute atomic E-state index is 13.7. The lowest BCUT2D eigenvalue weighted by Crippen LogP contribution is -2.39. The minimum atomic E-state index is -3.83. The highest BCUT2D eigenvalue weighted by Gasteiger charge is 2.36. The van der Waals surface area contributed by atoms with Gasteiger partial charge in [0.15, 0.2) is 5.78 Å². The van der Waals surface area contributed by atoms with E-state index in [2.05, 4.69) is 31.9 Å². The lowest BCUT2D eigenvalue weighted by molar-refractivity contribution is -0.111. The monoisotopic (exact) mass is 599 g/mol. The molecule has 0 fully saturated rings. The number of halogens is 2. The van der Waals surface area contributed by atoms with E-state index < -0.39 is 16.1 Å². The summed E-state index contributed by atoms with van der Waals surface area (Å²) in [5.41, 5.74) is 3.23. The molecule has 4 nitrogen and oxygen atoms in total. The summed E-state index contributed by atoms with van der Waals surface area (Å²) >= 11 is 6.84. The maximum atomic E-state index is 13.7. The second kappa shape index (κ2) is 10.5. The van der Waals surface area contributed by atoms with Gasteiger partial charge < -0.3 is 0 Å². The van der Waals surface area contributed by atoms with E-state index in [9.17, 15) is 13.2 Å². The molecule has 3 aromatic rings. The Balaban J connectivity index is 1.66. The fraction of sp³-hybridized carbons (Fsp3) is 0.148. The van der Waals surface area contributed by atoms with E-state index in [4.69, 9.17) is 0 Å². The molecule has 1 atom stereocenters. The number of carbonyl (C=O) groups is 1. The first-order valence-electron chi connectivity index (χ1n) is 10.7. The molecule has 0 aliphatic carbocycles. The average molecular weight is 601 g/mol. The van der Waals surface area contributed by atoms with Gasteiger partial charge >= 0.3 is 0 Å². The van der Waals surface area contributed by atoms with Gasteiger partial charge in [-0.15, -0.1) is 0 Å². The van der Waals surface area contributed by atoms with Crippen LogP contribution in [0.5, 0.6) is 0 Å². The number of hydrogen-bond acceptors (Lipinski definition) is 3. The van der Waals surface area contributed by atoms with Crippen molar-refractivity contribution >= 4 is 53.7 Å². The van der Waals surface area contributed by atoms with Crippen molar-refractivity contribution in [3.63, 3.8) is 0 Å². The summed E-state index contributed by atoms with van der Waals surface area (Å²) in [7, 11) is -3.83. The molecular weight excluding hydrogens is 578 g/mol. The van der Waals surface area contributed by atoms with Gasteiger partial charge in [-0.25, -0.2) is 8.42 Å². The van der Waals surface area contributed by atoms with Crippen molar-refractivity contribution in [1.82, 2.24) is 4.31 Å². The summed E-state index contributed by atoms with van der Waals surface area (Å²) in [5.74, 6) is -0.193. The van der Waals surface area contributed by atoms with Crippen molar-refractivity contribution in [3.05, 3.63) is 116 Å². The van der Waals surface area contributed by atoms with Gasteiger partial charge in [0.2, 0.25) is 10.0 Å². The van der Waals surface area contributed by atoms with Gasteiger partial charge in [-0.1, -0.05) is 86.0 Å². The van der Waals surface area contributed by atoms with E-state index in [-0.39, 0.29) is 17.2 Å². The molecule has 0 saturated carbocycles. The van der Waals surface area contributed by atoms with Gasteiger partial charge in [0, 0.05) is 21.1 Å². The van der Waals surface area contributed by atoms with Crippen molar-refractivity contribution in [2.45, 2.75) is 24.3 Å². The molecule has 1 aliphatic heterocycles. The van der Waals surface area contributed by atoms with Gasteiger partial charge in [0.05, 0.1) is 10.9 Å². The summed E-state index contributed by atoms with van der Waals surface area (Å²) in [6.45, 7) is 1.93. The fourth-order valence-electron chi connectivity index (χ4n) is 3.83. The van der Waals surface area contributed by atoms with E-state index in [1.807, 2.05) is 61.5 Å². The van der Waals surface area contributed by atoms with Crippen LogP contribution in [-0.4, -0.2) is 25.1 Å². The molecule has 0 saturated heterocycles. The molecule has 0 amide bonds. The molecule has 174 valence electrons. The smallest absolute Gasteiger partial charge is 0.243 e. The highest BCUT2D eigenvalue weighted by Crippen LogP contribution is 2.35. The minimum Gasteiger partial charge on any atom is -0.290 e. The van der Waals surface area contributed by atoms with Crippen LogP contribution >= 0.6 is 31.9 Å². The Bertz CT molecular complexity index is 1340. The molecule has 0 bridgehead atoms. The third-order valence-electron chi connectivity index (χ3n) is 5.76. The Kier molecular flexibility index (Phi) is 7.67. The highest BCUT2D eigenvalue weighted by molar-refractivity contribution is 9.10. The summed E-state index contributed by atoms with van der Waals surface area (Å²) in [4.78, 5) is 13.2. The minimum absolute atomic E-state index is 0.0143. The Hall–Kier alpha value is -2.32. The fourth-order valence-corrected chi connectivity index (χ4v) is 5.96. The molecule has 1 aliphatic rings. The molecule has 0 radical (unpaired) electrons. The molecule has 1 heterocycles. The molecule has 7 heteroatoms.